The summed E-state index contributed by atoms with van der Waals surface area (Å²) < 4.78 is 8.68. The van der Waals surface area contributed by atoms with Crippen LogP contribution in [0.3, 0.4) is 0 Å². The Bertz CT molecular complexity index is 1600. The number of carbonyl (C=O) groups is 2. The van der Waals surface area contributed by atoms with E-state index in [0.29, 0.717) is 45.5 Å². The Kier molecular flexibility index (Phi) is 5.41. The molecule has 8 nitrogen and oxygen atoms in total. The largest absolute Gasteiger partial charge is 0.478 e. The van der Waals surface area contributed by atoms with Crippen LogP contribution in [0.1, 0.15) is 39.2 Å². The van der Waals surface area contributed by atoms with Crippen LogP contribution in [0, 0.1) is 0 Å². The molecule has 0 unspecified atom stereocenters. The van der Waals surface area contributed by atoms with Crippen LogP contribution < -0.4 is 5.73 Å². The summed E-state index contributed by atoms with van der Waals surface area (Å²) in [6.07, 6.45) is 0.691. The Morgan fingerprint density at radius 2 is 1.91 bits per heavy atom. The third-order valence-corrected chi connectivity index (χ3v) is 6.46. The predicted octanol–water partition coefficient (Wildman–Crippen LogP) is 5.01. The molecule has 34 heavy (non-hydrogen) atoms. The van der Waals surface area contributed by atoms with Crippen LogP contribution in [0.5, 0.6) is 0 Å². The van der Waals surface area contributed by atoms with Crippen LogP contribution in [-0.2, 0) is 13.0 Å². The van der Waals surface area contributed by atoms with Gasteiger partial charge in [0.2, 0.25) is 0 Å². The summed E-state index contributed by atoms with van der Waals surface area (Å²) in [5.74, 6) is -0.317. The van der Waals surface area contributed by atoms with Crippen LogP contribution in [0.2, 0.25) is 0 Å². The second-order valence-corrected chi connectivity index (χ2v) is 8.59. The number of carbonyl (C=O) groups excluding carboxylic acids is 1. The molecule has 1 amide bonds. The van der Waals surface area contributed by atoms with E-state index in [-0.39, 0.29) is 11.3 Å². The van der Waals surface area contributed by atoms with Crippen LogP contribution in [0.25, 0.3) is 33.5 Å². The molecule has 0 bridgehead atoms. The van der Waals surface area contributed by atoms with Gasteiger partial charge in [-0.1, -0.05) is 31.2 Å². The number of rotatable bonds is 6. The maximum Gasteiger partial charge on any atom is 0.336 e. The van der Waals surface area contributed by atoms with E-state index >= 15 is 0 Å². The second-order valence-electron chi connectivity index (χ2n) is 7.80. The fraction of sp³-hybridized carbons (Fsp3) is 0.120. The number of aromatic carboxylic acids is 1. The lowest BCUT2D eigenvalue weighted by Gasteiger charge is -2.08. The molecular weight excluding hydrogens is 500 g/mol. The third-order valence-electron chi connectivity index (χ3n) is 5.67. The Morgan fingerprint density at radius 1 is 1.12 bits per heavy atom. The zero-order chi connectivity index (χ0) is 24.0. The molecule has 0 atom stereocenters. The van der Waals surface area contributed by atoms with Crippen LogP contribution in [0.15, 0.2) is 63.5 Å². The van der Waals surface area contributed by atoms with Gasteiger partial charge in [0.05, 0.1) is 16.6 Å². The summed E-state index contributed by atoms with van der Waals surface area (Å²) in [5, 5.41) is 10.4. The average molecular weight is 519 g/mol. The minimum absolute atomic E-state index is 0.163. The Balaban J connectivity index is 1.60. The van der Waals surface area contributed by atoms with Crippen molar-refractivity contribution in [3.63, 3.8) is 0 Å². The van der Waals surface area contributed by atoms with E-state index in [2.05, 4.69) is 25.9 Å². The van der Waals surface area contributed by atoms with Gasteiger partial charge in [0, 0.05) is 17.4 Å². The van der Waals surface area contributed by atoms with Crippen LogP contribution in [0.4, 0.5) is 0 Å². The maximum atomic E-state index is 11.7. The van der Waals surface area contributed by atoms with Gasteiger partial charge in [-0.3, -0.25) is 4.79 Å². The molecule has 0 aliphatic heterocycles. The van der Waals surface area contributed by atoms with Gasteiger partial charge in [-0.05, 0) is 51.8 Å². The highest BCUT2D eigenvalue weighted by Crippen LogP contribution is 2.39. The number of imidazole rings is 1. The van der Waals surface area contributed by atoms with Gasteiger partial charge in [-0.25, -0.2) is 14.8 Å². The molecule has 0 radical (unpaired) electrons. The van der Waals surface area contributed by atoms with E-state index in [9.17, 15) is 14.7 Å². The van der Waals surface area contributed by atoms with E-state index in [0.717, 1.165) is 16.8 Å². The number of amides is 1. The van der Waals surface area contributed by atoms with Crippen molar-refractivity contribution in [2.75, 3.05) is 0 Å². The zero-order valence-corrected chi connectivity index (χ0v) is 19.7. The number of halogens is 1. The number of benzene rings is 2. The summed E-state index contributed by atoms with van der Waals surface area (Å²) >= 11 is 3.61. The highest BCUT2D eigenvalue weighted by Gasteiger charge is 2.20. The maximum absolute atomic E-state index is 11.7. The number of primary amides is 1. The molecule has 0 spiro atoms. The van der Waals surface area contributed by atoms with Gasteiger partial charge >= 0.3 is 5.97 Å². The number of hydrogen-bond acceptors (Lipinski definition) is 5. The minimum atomic E-state index is -1.02. The quantitative estimate of drug-likeness (QED) is 0.325. The molecule has 3 N–H and O–H groups in total. The van der Waals surface area contributed by atoms with Crippen LogP contribution >= 0.6 is 15.9 Å². The fourth-order valence-electron chi connectivity index (χ4n) is 4.06. The molecular formula is C25H19BrN4O4. The van der Waals surface area contributed by atoms with E-state index in [1.165, 1.54) is 0 Å². The van der Waals surface area contributed by atoms with Crippen molar-refractivity contribution in [3.8, 4) is 11.3 Å². The molecule has 0 aliphatic rings. The first-order valence-electron chi connectivity index (χ1n) is 10.6. The number of hydrogen-bond donors (Lipinski definition) is 2. The van der Waals surface area contributed by atoms with Gasteiger partial charge in [-0.2, -0.15) is 0 Å². The van der Waals surface area contributed by atoms with Crippen molar-refractivity contribution in [1.29, 1.82) is 0 Å². The molecule has 2 aromatic carbocycles. The second kappa shape index (κ2) is 8.42. The summed E-state index contributed by atoms with van der Waals surface area (Å²) in [5.41, 5.74) is 9.15. The summed E-state index contributed by atoms with van der Waals surface area (Å²) in [6, 6.07) is 15.8. The van der Waals surface area contributed by atoms with E-state index < -0.39 is 11.9 Å². The first-order valence-corrected chi connectivity index (χ1v) is 11.4. The first kappa shape index (κ1) is 21.8. The Labute approximate surface area is 202 Å². The average Bonchev–Trinajstić information content (AvgIpc) is 3.35. The minimum Gasteiger partial charge on any atom is -0.478 e. The van der Waals surface area contributed by atoms with Gasteiger partial charge in [-0.15, -0.1) is 0 Å². The lowest BCUT2D eigenvalue weighted by molar-refractivity contribution is 0.0697. The monoisotopic (exact) mass is 518 g/mol. The number of furan rings is 1. The number of carboxylic acid groups (broad SMARTS) is 1. The molecule has 0 fully saturated rings. The van der Waals surface area contributed by atoms with Crippen molar-refractivity contribution < 1.29 is 19.1 Å². The number of pyridine rings is 1. The number of aryl methyl sites for hydroxylation is 1. The SMILES string of the molecule is CCc1nc2ccc(C(N)=O)nc2n1Cc1ccc2oc(-c3ccccc3C(=O)O)c(Br)c2c1. The molecule has 9 heteroatoms. The highest BCUT2D eigenvalue weighted by molar-refractivity contribution is 9.10. The predicted molar refractivity (Wildman–Crippen MR) is 131 cm³/mol. The van der Waals surface area contributed by atoms with E-state index in [1.54, 1.807) is 36.4 Å². The standard InChI is InChI=1S/C25H19BrN4O4/c1-2-20-28-18-9-8-17(23(27)31)29-24(18)30(20)12-13-7-10-19-16(11-13)21(26)22(34-19)14-5-3-4-6-15(14)25(32)33/h3-11H,2,12H2,1H3,(H2,27,31)(H,32,33). The number of nitrogens with zero attached hydrogens (tertiary/aromatic N) is 3. The van der Waals surface area contributed by atoms with Crippen LogP contribution in [-0.4, -0.2) is 31.5 Å². The molecule has 3 heterocycles. The molecule has 0 saturated heterocycles. The van der Waals surface area contributed by atoms with Gasteiger partial charge in [0.15, 0.2) is 5.65 Å². The van der Waals surface area contributed by atoms with E-state index in [4.69, 9.17) is 10.2 Å². The molecule has 170 valence electrons. The number of nitrogens with two attached hydrogens (primary N) is 1. The summed E-state index contributed by atoms with van der Waals surface area (Å²) in [4.78, 5) is 32.4. The number of aromatic nitrogens is 3. The summed E-state index contributed by atoms with van der Waals surface area (Å²) in [7, 11) is 0. The molecule has 0 saturated carbocycles. The van der Waals surface area contributed by atoms with Gasteiger partial charge in [0.25, 0.3) is 5.91 Å². The topological polar surface area (TPSA) is 124 Å². The van der Waals surface area contributed by atoms with Crippen molar-refractivity contribution in [3.05, 3.63) is 81.7 Å². The lowest BCUT2D eigenvalue weighted by Crippen LogP contribution is -2.13. The smallest absolute Gasteiger partial charge is 0.336 e. The van der Waals surface area contributed by atoms with Crippen molar-refractivity contribution in [1.82, 2.24) is 14.5 Å². The normalized spacial score (nSPS) is 11.4. The molecule has 3 aromatic heterocycles. The third kappa shape index (κ3) is 3.63. The summed E-state index contributed by atoms with van der Waals surface area (Å²) in [6.45, 7) is 2.48. The number of carboxylic acids is 1. The fourth-order valence-corrected chi connectivity index (χ4v) is 4.66. The molecule has 5 aromatic rings. The molecule has 0 aliphatic carbocycles. The van der Waals surface area contributed by atoms with Crippen molar-refractivity contribution >= 4 is 49.9 Å². The molecule has 5 rings (SSSR count). The van der Waals surface area contributed by atoms with Crippen molar-refractivity contribution in [2.45, 2.75) is 19.9 Å². The highest BCUT2D eigenvalue weighted by atomic mass is 79.9. The Morgan fingerprint density at radius 3 is 2.65 bits per heavy atom. The van der Waals surface area contributed by atoms with E-state index in [1.807, 2.05) is 29.7 Å². The van der Waals surface area contributed by atoms with Gasteiger partial charge < -0.3 is 19.8 Å². The lowest BCUT2D eigenvalue weighted by atomic mass is 10.0. The van der Waals surface area contributed by atoms with Gasteiger partial charge in [0.1, 0.15) is 28.4 Å². The first-order chi connectivity index (χ1) is 16.4. The number of fused-ring (bicyclic) bond motifs is 2. The Hall–Kier alpha value is -3.98. The zero-order valence-electron chi connectivity index (χ0n) is 18.1. The van der Waals surface area contributed by atoms with Crippen molar-refractivity contribution in [2.24, 2.45) is 5.73 Å².